The third kappa shape index (κ3) is 4.05. The van der Waals surface area contributed by atoms with Crippen LogP contribution in [0, 0.1) is 0 Å². The van der Waals surface area contributed by atoms with Crippen LogP contribution in [0.2, 0.25) is 0 Å². The first-order chi connectivity index (χ1) is 11.9. The summed E-state index contributed by atoms with van der Waals surface area (Å²) in [5.74, 6) is 0.224. The fourth-order valence-electron chi connectivity index (χ4n) is 3.75. The lowest BCUT2D eigenvalue weighted by Gasteiger charge is -2.42. The van der Waals surface area contributed by atoms with Gasteiger partial charge in [-0.3, -0.25) is 9.69 Å². The molecule has 0 amide bonds. The fourth-order valence-corrected chi connectivity index (χ4v) is 3.75. The standard InChI is InChI=1S/C20H32N4O/c1-20(2,24-15-11-22(4)12-16-24)19(25)17-5-7-18(8-6-17)23-13-9-21(3)10-14-23/h5-8H,9-16H2,1-4H3. The summed E-state index contributed by atoms with van der Waals surface area (Å²) in [6.07, 6.45) is 0. The molecule has 2 aliphatic rings. The van der Waals surface area contributed by atoms with Crippen molar-refractivity contribution in [3.8, 4) is 0 Å². The summed E-state index contributed by atoms with van der Waals surface area (Å²) in [4.78, 5) is 22.5. The molecule has 0 aromatic heterocycles. The fraction of sp³-hybridized carbons (Fsp3) is 0.650. The van der Waals surface area contributed by atoms with E-state index in [0.717, 1.165) is 57.9 Å². The Morgan fingerprint density at radius 3 is 1.80 bits per heavy atom. The molecule has 1 aromatic rings. The van der Waals surface area contributed by atoms with Crippen LogP contribution in [-0.2, 0) is 0 Å². The van der Waals surface area contributed by atoms with Crippen LogP contribution in [0.5, 0.6) is 0 Å². The Morgan fingerprint density at radius 2 is 1.28 bits per heavy atom. The van der Waals surface area contributed by atoms with Gasteiger partial charge in [-0.25, -0.2) is 0 Å². The molecule has 5 heteroatoms. The van der Waals surface area contributed by atoms with Crippen molar-refractivity contribution >= 4 is 11.5 Å². The molecular weight excluding hydrogens is 312 g/mol. The van der Waals surface area contributed by atoms with Crippen LogP contribution in [0.1, 0.15) is 24.2 Å². The number of rotatable bonds is 4. The van der Waals surface area contributed by atoms with E-state index >= 15 is 0 Å². The Morgan fingerprint density at radius 1 is 0.800 bits per heavy atom. The second-order valence-electron chi connectivity index (χ2n) is 8.02. The number of anilines is 1. The molecule has 2 heterocycles. The molecule has 0 unspecified atom stereocenters. The van der Waals surface area contributed by atoms with Gasteiger partial charge in [-0.15, -0.1) is 0 Å². The molecule has 0 radical (unpaired) electrons. The van der Waals surface area contributed by atoms with Gasteiger partial charge in [-0.05, 0) is 52.2 Å². The van der Waals surface area contributed by atoms with E-state index in [2.05, 4.69) is 59.7 Å². The molecule has 2 fully saturated rings. The summed E-state index contributed by atoms with van der Waals surface area (Å²) in [5.41, 5.74) is 1.60. The molecule has 0 N–H and O–H groups in total. The number of carbonyl (C=O) groups is 1. The molecular formula is C20H32N4O. The molecule has 0 bridgehead atoms. The van der Waals surface area contributed by atoms with E-state index < -0.39 is 5.54 Å². The first-order valence-corrected chi connectivity index (χ1v) is 9.40. The highest BCUT2D eigenvalue weighted by Crippen LogP contribution is 2.24. The number of ketones is 1. The smallest absolute Gasteiger partial charge is 0.182 e. The van der Waals surface area contributed by atoms with E-state index in [1.807, 2.05) is 12.1 Å². The zero-order chi connectivity index (χ0) is 18.0. The number of Topliss-reactive ketones (excluding diaryl/α,β-unsaturated/α-hetero) is 1. The summed E-state index contributed by atoms with van der Waals surface area (Å²) in [7, 11) is 4.31. The summed E-state index contributed by atoms with van der Waals surface area (Å²) in [5, 5.41) is 0. The normalized spacial score (nSPS) is 21.5. The lowest BCUT2D eigenvalue weighted by atomic mass is 9.90. The topological polar surface area (TPSA) is 30.0 Å². The van der Waals surface area contributed by atoms with Gasteiger partial charge in [0.15, 0.2) is 5.78 Å². The molecule has 0 saturated carbocycles. The zero-order valence-corrected chi connectivity index (χ0v) is 16.2. The third-order valence-electron chi connectivity index (χ3n) is 5.85. The summed E-state index contributed by atoms with van der Waals surface area (Å²) < 4.78 is 0. The molecule has 0 aliphatic carbocycles. The molecule has 1 aromatic carbocycles. The second-order valence-corrected chi connectivity index (χ2v) is 8.02. The van der Waals surface area contributed by atoms with Crippen LogP contribution >= 0.6 is 0 Å². The number of benzene rings is 1. The summed E-state index contributed by atoms with van der Waals surface area (Å²) in [6.45, 7) is 12.4. The number of likely N-dealkylation sites (N-methyl/N-ethyl adjacent to an activating group) is 2. The van der Waals surface area contributed by atoms with Gasteiger partial charge < -0.3 is 14.7 Å². The van der Waals surface area contributed by atoms with Crippen molar-refractivity contribution in [1.82, 2.24) is 14.7 Å². The third-order valence-corrected chi connectivity index (χ3v) is 5.85. The average Bonchev–Trinajstić information content (AvgIpc) is 2.62. The van der Waals surface area contributed by atoms with E-state index in [0.29, 0.717) is 0 Å². The van der Waals surface area contributed by atoms with Crippen LogP contribution in [0.15, 0.2) is 24.3 Å². The van der Waals surface area contributed by atoms with E-state index in [-0.39, 0.29) is 5.78 Å². The Bertz CT molecular complexity index is 582. The predicted octanol–water partition coefficient (Wildman–Crippen LogP) is 1.65. The van der Waals surface area contributed by atoms with Gasteiger partial charge >= 0.3 is 0 Å². The Balaban J connectivity index is 1.67. The molecule has 138 valence electrons. The highest BCUT2D eigenvalue weighted by Gasteiger charge is 2.36. The largest absolute Gasteiger partial charge is 0.369 e. The summed E-state index contributed by atoms with van der Waals surface area (Å²) >= 11 is 0. The van der Waals surface area contributed by atoms with E-state index in [9.17, 15) is 4.79 Å². The second kappa shape index (κ2) is 7.44. The molecule has 2 saturated heterocycles. The Labute approximate surface area is 152 Å². The van der Waals surface area contributed by atoms with Crippen LogP contribution < -0.4 is 4.90 Å². The predicted molar refractivity (Wildman–Crippen MR) is 104 cm³/mol. The summed E-state index contributed by atoms with van der Waals surface area (Å²) in [6, 6.07) is 8.23. The van der Waals surface area contributed by atoms with Crippen molar-refractivity contribution in [2.75, 3.05) is 71.4 Å². The van der Waals surface area contributed by atoms with Gasteiger partial charge in [-0.2, -0.15) is 0 Å². The van der Waals surface area contributed by atoms with Crippen LogP contribution in [-0.4, -0.2) is 92.5 Å². The van der Waals surface area contributed by atoms with Gasteiger partial charge in [0.25, 0.3) is 0 Å². The van der Waals surface area contributed by atoms with E-state index in [4.69, 9.17) is 0 Å². The van der Waals surface area contributed by atoms with Crippen molar-refractivity contribution < 1.29 is 4.79 Å². The van der Waals surface area contributed by atoms with Gasteiger partial charge in [0.05, 0.1) is 5.54 Å². The van der Waals surface area contributed by atoms with Crippen molar-refractivity contribution in [2.45, 2.75) is 19.4 Å². The number of piperazine rings is 2. The highest BCUT2D eigenvalue weighted by molar-refractivity contribution is 6.02. The molecule has 3 rings (SSSR count). The van der Waals surface area contributed by atoms with Crippen LogP contribution in [0.25, 0.3) is 0 Å². The molecule has 2 aliphatic heterocycles. The van der Waals surface area contributed by atoms with Crippen molar-refractivity contribution in [1.29, 1.82) is 0 Å². The van der Waals surface area contributed by atoms with Crippen LogP contribution in [0.4, 0.5) is 5.69 Å². The zero-order valence-electron chi connectivity index (χ0n) is 16.2. The first kappa shape index (κ1) is 18.4. The van der Waals surface area contributed by atoms with E-state index in [1.54, 1.807) is 0 Å². The lowest BCUT2D eigenvalue weighted by molar-refractivity contribution is 0.0463. The van der Waals surface area contributed by atoms with Crippen molar-refractivity contribution in [2.24, 2.45) is 0 Å². The molecule has 5 nitrogen and oxygen atoms in total. The first-order valence-electron chi connectivity index (χ1n) is 9.40. The number of nitrogens with zero attached hydrogens (tertiary/aromatic N) is 4. The number of hydrogen-bond acceptors (Lipinski definition) is 5. The van der Waals surface area contributed by atoms with Crippen LogP contribution in [0.3, 0.4) is 0 Å². The van der Waals surface area contributed by atoms with Gasteiger partial charge in [-0.1, -0.05) is 0 Å². The maximum atomic E-state index is 13.1. The lowest BCUT2D eigenvalue weighted by Crippen LogP contribution is -2.57. The molecule has 25 heavy (non-hydrogen) atoms. The number of hydrogen-bond donors (Lipinski definition) is 0. The maximum Gasteiger partial charge on any atom is 0.182 e. The molecule has 0 spiro atoms. The average molecular weight is 345 g/mol. The van der Waals surface area contributed by atoms with Gasteiger partial charge in [0.1, 0.15) is 0 Å². The minimum absolute atomic E-state index is 0.224. The Hall–Kier alpha value is -1.43. The minimum atomic E-state index is -0.448. The van der Waals surface area contributed by atoms with Crippen molar-refractivity contribution in [3.05, 3.63) is 29.8 Å². The van der Waals surface area contributed by atoms with Gasteiger partial charge in [0.2, 0.25) is 0 Å². The maximum absolute atomic E-state index is 13.1. The minimum Gasteiger partial charge on any atom is -0.369 e. The molecule has 0 atom stereocenters. The number of carbonyl (C=O) groups excluding carboxylic acids is 1. The monoisotopic (exact) mass is 344 g/mol. The SMILES string of the molecule is CN1CCN(c2ccc(C(=O)C(C)(C)N3CCN(C)CC3)cc2)CC1. The van der Waals surface area contributed by atoms with E-state index in [1.165, 1.54) is 5.69 Å². The highest BCUT2D eigenvalue weighted by atomic mass is 16.1. The Kier molecular flexibility index (Phi) is 5.46. The quantitative estimate of drug-likeness (QED) is 0.775. The van der Waals surface area contributed by atoms with Gasteiger partial charge in [0, 0.05) is 63.6 Å². The van der Waals surface area contributed by atoms with Crippen molar-refractivity contribution in [3.63, 3.8) is 0 Å².